The number of pyridine rings is 1. The van der Waals surface area contributed by atoms with Gasteiger partial charge in [-0.2, -0.15) is 0 Å². The van der Waals surface area contributed by atoms with E-state index in [4.69, 9.17) is 9.84 Å². The van der Waals surface area contributed by atoms with Gasteiger partial charge < -0.3 is 9.84 Å². The smallest absolute Gasteiger partial charge is 0.335 e. The maximum Gasteiger partial charge on any atom is 0.335 e. The summed E-state index contributed by atoms with van der Waals surface area (Å²) in [5.74, 6) is -1.22. The number of hydrogen-bond acceptors (Lipinski definition) is 3. The van der Waals surface area contributed by atoms with Gasteiger partial charge in [0.15, 0.2) is 0 Å². The summed E-state index contributed by atoms with van der Waals surface area (Å²) in [5, 5.41) is 8.83. The fraction of sp³-hybridized carbons (Fsp3) is 0.0769. The van der Waals surface area contributed by atoms with Crippen molar-refractivity contribution in [1.29, 1.82) is 0 Å². The van der Waals surface area contributed by atoms with Gasteiger partial charge in [-0.1, -0.05) is 6.07 Å². The predicted octanol–water partition coefficient (Wildman–Crippen LogP) is 3.51. The van der Waals surface area contributed by atoms with Gasteiger partial charge in [-0.15, -0.1) is 0 Å². The molecule has 0 spiro atoms. The Labute approximate surface area is 107 Å². The van der Waals surface area contributed by atoms with Crippen molar-refractivity contribution in [2.45, 2.75) is 6.43 Å². The van der Waals surface area contributed by atoms with Crippen molar-refractivity contribution in [3.63, 3.8) is 0 Å². The molecule has 0 unspecified atom stereocenters. The molecular weight excluding hydrogens is 256 g/mol. The number of aromatic nitrogens is 1. The van der Waals surface area contributed by atoms with Crippen LogP contribution < -0.4 is 4.74 Å². The molecule has 1 heterocycles. The predicted molar refractivity (Wildman–Crippen MR) is 62.7 cm³/mol. The van der Waals surface area contributed by atoms with Crippen LogP contribution in [-0.2, 0) is 0 Å². The maximum absolute atomic E-state index is 12.7. The van der Waals surface area contributed by atoms with E-state index >= 15 is 0 Å². The van der Waals surface area contributed by atoms with Crippen LogP contribution >= 0.6 is 0 Å². The average Bonchev–Trinajstić information content (AvgIpc) is 2.39. The Bertz CT molecular complexity index is 602. The van der Waals surface area contributed by atoms with Crippen LogP contribution in [0.2, 0.25) is 0 Å². The number of aromatic carboxylic acids is 1. The summed E-state index contributed by atoms with van der Waals surface area (Å²) in [4.78, 5) is 14.5. The van der Waals surface area contributed by atoms with E-state index in [0.717, 1.165) is 0 Å². The normalized spacial score (nSPS) is 10.5. The Morgan fingerprint density at radius 2 is 2.05 bits per heavy atom. The van der Waals surface area contributed by atoms with E-state index < -0.39 is 12.4 Å². The number of halogens is 2. The van der Waals surface area contributed by atoms with E-state index in [1.165, 1.54) is 42.6 Å². The third-order valence-corrected chi connectivity index (χ3v) is 2.33. The number of rotatable bonds is 4. The average molecular weight is 265 g/mol. The number of carboxylic acid groups (broad SMARTS) is 1. The highest BCUT2D eigenvalue weighted by molar-refractivity contribution is 5.88. The Kier molecular flexibility index (Phi) is 3.70. The summed E-state index contributed by atoms with van der Waals surface area (Å²) in [7, 11) is 0. The topological polar surface area (TPSA) is 59.4 Å². The number of nitrogens with zero attached hydrogens (tertiary/aromatic N) is 1. The van der Waals surface area contributed by atoms with E-state index in [1.807, 2.05) is 0 Å². The Morgan fingerprint density at radius 3 is 2.74 bits per heavy atom. The van der Waals surface area contributed by atoms with Crippen LogP contribution in [0.1, 0.15) is 22.3 Å². The minimum absolute atomic E-state index is 0.00651. The molecule has 1 aromatic carbocycles. The van der Waals surface area contributed by atoms with Crippen LogP contribution in [0.4, 0.5) is 8.78 Å². The Balaban J connectivity index is 2.31. The lowest BCUT2D eigenvalue weighted by Crippen LogP contribution is -1.98. The lowest BCUT2D eigenvalue weighted by Gasteiger charge is -2.09. The molecule has 4 nitrogen and oxygen atoms in total. The second kappa shape index (κ2) is 5.43. The van der Waals surface area contributed by atoms with Crippen molar-refractivity contribution in [1.82, 2.24) is 4.98 Å². The first-order valence-electron chi connectivity index (χ1n) is 5.32. The molecule has 0 fully saturated rings. The van der Waals surface area contributed by atoms with Crippen LogP contribution in [0.3, 0.4) is 0 Å². The highest BCUT2D eigenvalue weighted by Crippen LogP contribution is 2.30. The van der Waals surface area contributed by atoms with Crippen molar-refractivity contribution in [2.75, 3.05) is 0 Å². The summed E-state index contributed by atoms with van der Waals surface area (Å²) in [6.45, 7) is 0. The molecule has 1 aromatic heterocycles. The zero-order valence-electron chi connectivity index (χ0n) is 9.59. The number of hydrogen-bond donors (Lipinski definition) is 1. The minimum atomic E-state index is -2.72. The molecule has 6 heteroatoms. The summed E-state index contributed by atoms with van der Waals surface area (Å²) in [5.41, 5.74) is -0.338. The lowest BCUT2D eigenvalue weighted by molar-refractivity contribution is 0.0696. The SMILES string of the molecule is O=C(O)c1cccc(Oc2ncccc2C(F)F)c1. The first kappa shape index (κ1) is 12.9. The molecule has 0 saturated heterocycles. The highest BCUT2D eigenvalue weighted by atomic mass is 19.3. The fourth-order valence-corrected chi connectivity index (χ4v) is 1.46. The second-order valence-electron chi connectivity index (χ2n) is 3.63. The summed E-state index contributed by atoms with van der Waals surface area (Å²) in [6, 6.07) is 8.13. The molecule has 2 rings (SSSR count). The second-order valence-corrected chi connectivity index (χ2v) is 3.63. The van der Waals surface area contributed by atoms with Gasteiger partial charge in [0.05, 0.1) is 11.1 Å². The van der Waals surface area contributed by atoms with E-state index in [9.17, 15) is 13.6 Å². The Morgan fingerprint density at radius 1 is 1.26 bits per heavy atom. The molecule has 0 bridgehead atoms. The zero-order valence-corrected chi connectivity index (χ0v) is 9.59. The lowest BCUT2D eigenvalue weighted by atomic mass is 10.2. The minimum Gasteiger partial charge on any atom is -0.478 e. The number of alkyl halides is 2. The monoisotopic (exact) mass is 265 g/mol. The van der Waals surface area contributed by atoms with Crippen LogP contribution in [0, 0.1) is 0 Å². The first-order chi connectivity index (χ1) is 9.08. The van der Waals surface area contributed by atoms with Gasteiger partial charge in [-0.05, 0) is 30.3 Å². The van der Waals surface area contributed by atoms with Crippen molar-refractivity contribution >= 4 is 5.97 Å². The van der Waals surface area contributed by atoms with Crippen molar-refractivity contribution < 1.29 is 23.4 Å². The molecule has 0 aliphatic rings. The van der Waals surface area contributed by atoms with E-state index in [-0.39, 0.29) is 22.8 Å². The standard InChI is InChI=1S/C13H9F2NO3/c14-11(15)10-5-2-6-16-12(10)19-9-4-1-3-8(7-9)13(17)18/h1-7,11H,(H,17,18). The van der Waals surface area contributed by atoms with Crippen LogP contribution in [0.25, 0.3) is 0 Å². The highest BCUT2D eigenvalue weighted by Gasteiger charge is 2.15. The zero-order chi connectivity index (χ0) is 13.8. The molecule has 0 aliphatic heterocycles. The molecule has 0 saturated carbocycles. The van der Waals surface area contributed by atoms with Gasteiger partial charge in [0.2, 0.25) is 5.88 Å². The number of benzene rings is 1. The molecule has 19 heavy (non-hydrogen) atoms. The van der Waals surface area contributed by atoms with Gasteiger partial charge in [-0.25, -0.2) is 18.6 Å². The maximum atomic E-state index is 12.7. The molecule has 0 atom stereocenters. The largest absolute Gasteiger partial charge is 0.478 e. The molecule has 0 amide bonds. The molecular formula is C13H9F2NO3. The van der Waals surface area contributed by atoms with E-state index in [1.54, 1.807) is 0 Å². The van der Waals surface area contributed by atoms with E-state index in [0.29, 0.717) is 0 Å². The van der Waals surface area contributed by atoms with Gasteiger partial charge in [0, 0.05) is 6.20 Å². The van der Waals surface area contributed by atoms with Crippen molar-refractivity contribution in [3.8, 4) is 11.6 Å². The molecule has 0 radical (unpaired) electrons. The third-order valence-electron chi connectivity index (χ3n) is 2.33. The summed E-state index contributed by atoms with van der Waals surface area (Å²) in [6.07, 6.45) is -1.39. The fourth-order valence-electron chi connectivity index (χ4n) is 1.46. The number of carbonyl (C=O) groups is 1. The van der Waals surface area contributed by atoms with Crippen molar-refractivity contribution in [3.05, 3.63) is 53.7 Å². The molecule has 1 N–H and O–H groups in total. The third kappa shape index (κ3) is 3.04. The van der Waals surface area contributed by atoms with E-state index in [2.05, 4.69) is 4.98 Å². The van der Waals surface area contributed by atoms with Crippen LogP contribution in [-0.4, -0.2) is 16.1 Å². The van der Waals surface area contributed by atoms with Gasteiger partial charge in [0.25, 0.3) is 6.43 Å². The number of carboxylic acids is 1. The van der Waals surface area contributed by atoms with Gasteiger partial charge >= 0.3 is 5.97 Å². The summed E-state index contributed by atoms with van der Waals surface area (Å²) < 4.78 is 30.7. The quantitative estimate of drug-likeness (QED) is 0.918. The molecule has 0 aliphatic carbocycles. The van der Waals surface area contributed by atoms with Crippen LogP contribution in [0.15, 0.2) is 42.6 Å². The first-order valence-corrected chi connectivity index (χ1v) is 5.32. The van der Waals surface area contributed by atoms with Crippen LogP contribution in [0.5, 0.6) is 11.6 Å². The van der Waals surface area contributed by atoms with Crippen molar-refractivity contribution in [2.24, 2.45) is 0 Å². The van der Waals surface area contributed by atoms with Gasteiger partial charge in [0.1, 0.15) is 5.75 Å². The molecule has 98 valence electrons. The number of ether oxygens (including phenoxy) is 1. The Hall–Kier alpha value is -2.50. The molecule has 2 aromatic rings. The van der Waals surface area contributed by atoms with Gasteiger partial charge in [-0.3, -0.25) is 0 Å². The summed E-state index contributed by atoms with van der Waals surface area (Å²) >= 11 is 0.